The summed E-state index contributed by atoms with van der Waals surface area (Å²) < 4.78 is 0. The summed E-state index contributed by atoms with van der Waals surface area (Å²) in [5.41, 5.74) is 7.73. The van der Waals surface area contributed by atoms with Gasteiger partial charge in [-0.3, -0.25) is 0 Å². The SMILES string of the molecule is CC(C)(CN)c1ccc(NC(=O)NC2CCCC2)cc1. The maximum Gasteiger partial charge on any atom is 0.319 e. The summed E-state index contributed by atoms with van der Waals surface area (Å²) in [6.07, 6.45) is 4.62. The van der Waals surface area contributed by atoms with Crippen LogP contribution in [-0.2, 0) is 5.41 Å². The summed E-state index contributed by atoms with van der Waals surface area (Å²) in [7, 11) is 0. The van der Waals surface area contributed by atoms with E-state index in [2.05, 4.69) is 24.5 Å². The lowest BCUT2D eigenvalue weighted by Crippen LogP contribution is -2.36. The molecular formula is C16H25N3O. The molecule has 0 radical (unpaired) electrons. The maximum atomic E-state index is 11.9. The largest absolute Gasteiger partial charge is 0.335 e. The Morgan fingerprint density at radius 1 is 1.25 bits per heavy atom. The zero-order chi connectivity index (χ0) is 14.6. The molecule has 4 nitrogen and oxygen atoms in total. The first-order valence-electron chi connectivity index (χ1n) is 7.39. The lowest BCUT2D eigenvalue weighted by molar-refractivity contribution is 0.248. The highest BCUT2D eigenvalue weighted by Crippen LogP contribution is 2.23. The van der Waals surface area contributed by atoms with E-state index in [-0.39, 0.29) is 11.4 Å². The van der Waals surface area contributed by atoms with E-state index in [0.29, 0.717) is 12.6 Å². The number of benzene rings is 1. The predicted octanol–water partition coefficient (Wildman–Crippen LogP) is 2.99. The van der Waals surface area contributed by atoms with Crippen LogP contribution in [0.25, 0.3) is 0 Å². The molecule has 20 heavy (non-hydrogen) atoms. The molecule has 0 unspecified atom stereocenters. The van der Waals surface area contributed by atoms with Gasteiger partial charge in [-0.15, -0.1) is 0 Å². The van der Waals surface area contributed by atoms with Crippen molar-refractivity contribution in [2.75, 3.05) is 11.9 Å². The fourth-order valence-corrected chi connectivity index (χ4v) is 2.55. The Balaban J connectivity index is 1.91. The molecule has 1 saturated carbocycles. The molecule has 0 aromatic heterocycles. The van der Waals surface area contributed by atoms with Crippen molar-refractivity contribution in [2.24, 2.45) is 5.73 Å². The van der Waals surface area contributed by atoms with E-state index >= 15 is 0 Å². The fraction of sp³-hybridized carbons (Fsp3) is 0.562. The first-order chi connectivity index (χ1) is 9.51. The highest BCUT2D eigenvalue weighted by Gasteiger charge is 2.19. The van der Waals surface area contributed by atoms with Crippen molar-refractivity contribution in [3.8, 4) is 0 Å². The number of nitrogens with two attached hydrogens (primary N) is 1. The Kier molecular flexibility index (Phi) is 4.65. The quantitative estimate of drug-likeness (QED) is 0.790. The zero-order valence-corrected chi connectivity index (χ0v) is 12.4. The molecule has 4 heteroatoms. The fourth-order valence-electron chi connectivity index (χ4n) is 2.55. The molecule has 2 rings (SSSR count). The number of hydrogen-bond donors (Lipinski definition) is 3. The van der Waals surface area contributed by atoms with Crippen molar-refractivity contribution < 1.29 is 4.79 Å². The molecule has 1 aliphatic rings. The zero-order valence-electron chi connectivity index (χ0n) is 12.4. The Labute approximate surface area is 121 Å². The Hall–Kier alpha value is -1.55. The van der Waals surface area contributed by atoms with Crippen LogP contribution >= 0.6 is 0 Å². The van der Waals surface area contributed by atoms with Crippen LogP contribution in [0.3, 0.4) is 0 Å². The third-order valence-electron chi connectivity index (χ3n) is 4.12. The Morgan fingerprint density at radius 2 is 1.85 bits per heavy atom. The standard InChI is InChI=1S/C16H25N3O/c1-16(2,11-17)12-7-9-14(10-8-12)19-15(20)18-13-5-3-4-6-13/h7-10,13H,3-6,11,17H2,1-2H3,(H2,18,19,20). The van der Waals surface area contributed by atoms with Gasteiger partial charge in [0.2, 0.25) is 0 Å². The average molecular weight is 275 g/mol. The van der Waals surface area contributed by atoms with Crippen LogP contribution in [0.4, 0.5) is 10.5 Å². The Bertz CT molecular complexity index is 447. The topological polar surface area (TPSA) is 67.1 Å². The van der Waals surface area contributed by atoms with Gasteiger partial charge >= 0.3 is 6.03 Å². The molecular weight excluding hydrogens is 250 g/mol. The van der Waals surface area contributed by atoms with Crippen molar-refractivity contribution in [1.82, 2.24) is 5.32 Å². The van der Waals surface area contributed by atoms with Crippen molar-refractivity contribution in [3.05, 3.63) is 29.8 Å². The van der Waals surface area contributed by atoms with Gasteiger partial charge in [-0.2, -0.15) is 0 Å². The van der Waals surface area contributed by atoms with Gasteiger partial charge in [0.15, 0.2) is 0 Å². The molecule has 110 valence electrons. The summed E-state index contributed by atoms with van der Waals surface area (Å²) in [5.74, 6) is 0. The van der Waals surface area contributed by atoms with Gasteiger partial charge in [0, 0.05) is 23.7 Å². The number of carbonyl (C=O) groups is 1. The van der Waals surface area contributed by atoms with Crippen LogP contribution in [0.2, 0.25) is 0 Å². The van der Waals surface area contributed by atoms with Gasteiger partial charge in [-0.25, -0.2) is 4.79 Å². The first kappa shape index (κ1) is 14.9. The number of hydrogen-bond acceptors (Lipinski definition) is 2. The van der Waals surface area contributed by atoms with Gasteiger partial charge in [0.1, 0.15) is 0 Å². The molecule has 0 saturated heterocycles. The van der Waals surface area contributed by atoms with Crippen LogP contribution in [0.1, 0.15) is 45.1 Å². The minimum Gasteiger partial charge on any atom is -0.335 e. The van der Waals surface area contributed by atoms with E-state index in [1.807, 2.05) is 24.3 Å². The van der Waals surface area contributed by atoms with Gasteiger partial charge in [-0.1, -0.05) is 38.8 Å². The van der Waals surface area contributed by atoms with E-state index in [4.69, 9.17) is 5.73 Å². The minimum absolute atomic E-state index is 0.0371. The number of carbonyl (C=O) groups excluding carboxylic acids is 1. The monoisotopic (exact) mass is 275 g/mol. The van der Waals surface area contributed by atoms with Crippen LogP contribution < -0.4 is 16.4 Å². The van der Waals surface area contributed by atoms with Crippen LogP contribution in [0.15, 0.2) is 24.3 Å². The van der Waals surface area contributed by atoms with Gasteiger partial charge in [0.25, 0.3) is 0 Å². The van der Waals surface area contributed by atoms with Gasteiger partial charge < -0.3 is 16.4 Å². The molecule has 1 aromatic rings. The summed E-state index contributed by atoms with van der Waals surface area (Å²) >= 11 is 0. The van der Waals surface area contributed by atoms with Crippen molar-refractivity contribution in [3.63, 3.8) is 0 Å². The molecule has 4 N–H and O–H groups in total. The van der Waals surface area contributed by atoms with Gasteiger partial charge in [0.05, 0.1) is 0 Å². The Morgan fingerprint density at radius 3 is 2.40 bits per heavy atom. The third kappa shape index (κ3) is 3.73. The number of nitrogens with one attached hydrogen (secondary N) is 2. The summed E-state index contributed by atoms with van der Waals surface area (Å²) in [5, 5.41) is 5.90. The summed E-state index contributed by atoms with van der Waals surface area (Å²) in [4.78, 5) is 11.9. The van der Waals surface area contributed by atoms with Crippen LogP contribution in [0.5, 0.6) is 0 Å². The van der Waals surface area contributed by atoms with E-state index < -0.39 is 0 Å². The molecule has 0 atom stereocenters. The van der Waals surface area contributed by atoms with E-state index in [0.717, 1.165) is 18.5 Å². The van der Waals surface area contributed by atoms with Crippen LogP contribution in [-0.4, -0.2) is 18.6 Å². The van der Waals surface area contributed by atoms with Crippen molar-refractivity contribution >= 4 is 11.7 Å². The average Bonchev–Trinajstić information content (AvgIpc) is 2.92. The van der Waals surface area contributed by atoms with Crippen molar-refractivity contribution in [1.29, 1.82) is 0 Å². The molecule has 1 aromatic carbocycles. The number of anilines is 1. The number of rotatable bonds is 4. The highest BCUT2D eigenvalue weighted by molar-refractivity contribution is 5.89. The molecule has 0 bridgehead atoms. The van der Waals surface area contributed by atoms with Gasteiger partial charge in [-0.05, 0) is 30.5 Å². The van der Waals surface area contributed by atoms with E-state index in [9.17, 15) is 4.79 Å². The normalized spacial score (nSPS) is 16.1. The molecule has 0 spiro atoms. The second-order valence-electron chi connectivity index (χ2n) is 6.25. The number of urea groups is 1. The second kappa shape index (κ2) is 6.27. The predicted molar refractivity (Wildman–Crippen MR) is 82.9 cm³/mol. The minimum atomic E-state index is -0.109. The molecule has 0 heterocycles. The van der Waals surface area contributed by atoms with E-state index in [1.165, 1.54) is 18.4 Å². The summed E-state index contributed by atoms with van der Waals surface area (Å²) in [6, 6.07) is 8.14. The lowest BCUT2D eigenvalue weighted by atomic mass is 9.85. The molecule has 0 aliphatic heterocycles. The third-order valence-corrected chi connectivity index (χ3v) is 4.12. The highest BCUT2D eigenvalue weighted by atomic mass is 16.2. The number of amides is 2. The smallest absolute Gasteiger partial charge is 0.319 e. The molecule has 2 amide bonds. The van der Waals surface area contributed by atoms with E-state index in [1.54, 1.807) is 0 Å². The molecule has 1 fully saturated rings. The second-order valence-corrected chi connectivity index (χ2v) is 6.25. The van der Waals surface area contributed by atoms with Crippen molar-refractivity contribution in [2.45, 2.75) is 51.0 Å². The van der Waals surface area contributed by atoms with Crippen LogP contribution in [0, 0.1) is 0 Å². The summed E-state index contributed by atoms with van der Waals surface area (Å²) in [6.45, 7) is 4.83. The maximum absolute atomic E-state index is 11.9. The molecule has 1 aliphatic carbocycles. The first-order valence-corrected chi connectivity index (χ1v) is 7.39. The lowest BCUT2D eigenvalue weighted by Gasteiger charge is -2.23.